The van der Waals surface area contributed by atoms with E-state index in [0.29, 0.717) is 5.82 Å². The summed E-state index contributed by atoms with van der Waals surface area (Å²) in [7, 11) is 0. The van der Waals surface area contributed by atoms with Crippen molar-refractivity contribution in [2.75, 3.05) is 6.54 Å². The number of nitrogens with zero attached hydrogens (tertiary/aromatic N) is 4. The number of aromatic nitrogens is 3. The minimum atomic E-state index is -0.175. The quantitative estimate of drug-likeness (QED) is 0.837. The fourth-order valence-corrected chi connectivity index (χ4v) is 4.42. The predicted octanol–water partition coefficient (Wildman–Crippen LogP) is 3.79. The molecule has 1 saturated heterocycles. The summed E-state index contributed by atoms with van der Waals surface area (Å²) in [5.74, 6) is 0.262. The number of likely N-dealkylation sites (tertiary alicyclic amines) is 1. The van der Waals surface area contributed by atoms with Crippen molar-refractivity contribution >= 4 is 5.91 Å². The Bertz CT molecular complexity index is 768. The summed E-state index contributed by atoms with van der Waals surface area (Å²) in [6.45, 7) is 7.00. The predicted molar refractivity (Wildman–Crippen MR) is 96.1 cm³/mol. The van der Waals surface area contributed by atoms with Gasteiger partial charge in [0.1, 0.15) is 6.33 Å². The highest BCUT2D eigenvalue weighted by Crippen LogP contribution is 2.58. The molecular weight excluding hydrogens is 312 g/mol. The first-order chi connectivity index (χ1) is 11.9. The van der Waals surface area contributed by atoms with Gasteiger partial charge in [-0.3, -0.25) is 4.79 Å². The number of hydrogen-bond donors (Lipinski definition) is 0. The van der Waals surface area contributed by atoms with Gasteiger partial charge in [-0.1, -0.05) is 43.2 Å². The molecule has 0 radical (unpaired) electrons. The van der Waals surface area contributed by atoms with Crippen LogP contribution in [0.1, 0.15) is 68.7 Å². The lowest BCUT2D eigenvalue weighted by Crippen LogP contribution is -2.59. The van der Waals surface area contributed by atoms with E-state index in [4.69, 9.17) is 0 Å². The van der Waals surface area contributed by atoms with Crippen LogP contribution in [0, 0.1) is 5.41 Å². The number of carbonyl (C=O) groups is 1. The fourth-order valence-electron chi connectivity index (χ4n) is 4.42. The van der Waals surface area contributed by atoms with Crippen molar-refractivity contribution in [3.8, 4) is 0 Å². The second-order valence-electron chi connectivity index (χ2n) is 8.50. The summed E-state index contributed by atoms with van der Waals surface area (Å²) in [6, 6.07) is 10.6. The molecule has 2 aliphatic rings. The summed E-state index contributed by atoms with van der Waals surface area (Å²) in [5.41, 5.74) is 1.31. The lowest BCUT2D eigenvalue weighted by Gasteiger charge is -2.56. The molecule has 1 aromatic heterocycles. The van der Waals surface area contributed by atoms with E-state index in [1.54, 1.807) is 11.0 Å². The van der Waals surface area contributed by atoms with Crippen LogP contribution in [-0.4, -0.2) is 32.1 Å². The molecule has 2 fully saturated rings. The highest BCUT2D eigenvalue weighted by Gasteiger charge is 2.56. The Kier molecular flexibility index (Phi) is 3.71. The van der Waals surface area contributed by atoms with E-state index in [0.717, 1.165) is 6.54 Å². The Hall–Kier alpha value is -2.17. The summed E-state index contributed by atoms with van der Waals surface area (Å²) in [4.78, 5) is 19.3. The Balaban J connectivity index is 1.63. The highest BCUT2D eigenvalue weighted by atomic mass is 16.2. The van der Waals surface area contributed by atoms with Crippen LogP contribution in [0.3, 0.4) is 0 Å². The third kappa shape index (κ3) is 2.66. The highest BCUT2D eigenvalue weighted by molar-refractivity contribution is 5.91. The molecule has 1 spiro atoms. The molecule has 25 heavy (non-hydrogen) atoms. The molecule has 5 heteroatoms. The average Bonchev–Trinajstić information content (AvgIpc) is 3.23. The molecule has 1 unspecified atom stereocenters. The second kappa shape index (κ2) is 5.68. The maximum Gasteiger partial charge on any atom is 0.294 e. The van der Waals surface area contributed by atoms with Gasteiger partial charge in [0.15, 0.2) is 0 Å². The molecule has 1 atom stereocenters. The van der Waals surface area contributed by atoms with Gasteiger partial charge in [0, 0.05) is 12.0 Å². The van der Waals surface area contributed by atoms with E-state index in [-0.39, 0.29) is 22.9 Å². The average molecular weight is 338 g/mol. The molecule has 5 nitrogen and oxygen atoms in total. The molecule has 0 N–H and O–H groups in total. The maximum atomic E-state index is 13.1. The zero-order valence-electron chi connectivity index (χ0n) is 15.3. The zero-order valence-corrected chi connectivity index (χ0v) is 15.3. The first-order valence-corrected chi connectivity index (χ1v) is 9.19. The van der Waals surface area contributed by atoms with Crippen LogP contribution >= 0.6 is 0 Å². The fraction of sp³-hybridized carbons (Fsp3) is 0.550. The molecule has 1 aliphatic carbocycles. The van der Waals surface area contributed by atoms with Crippen molar-refractivity contribution in [2.45, 2.75) is 58.0 Å². The third-order valence-electron chi connectivity index (χ3n) is 5.72. The molecule has 2 heterocycles. The standard InChI is InChI=1S/C20H26N4O/c1-19(2,3)24-14-21-17(22-24)18(25)23-13-20(11-7-8-12-20)16(23)15-9-5-4-6-10-15/h4-6,9-10,14,16H,7-8,11-13H2,1-3H3. The molecule has 1 amide bonds. The van der Waals surface area contributed by atoms with Crippen LogP contribution in [0.5, 0.6) is 0 Å². The van der Waals surface area contributed by atoms with Gasteiger partial charge in [-0.15, -0.1) is 5.10 Å². The topological polar surface area (TPSA) is 51.0 Å². The monoisotopic (exact) mass is 338 g/mol. The van der Waals surface area contributed by atoms with Crippen molar-refractivity contribution < 1.29 is 4.79 Å². The minimum absolute atomic E-state index is 0.0469. The molecular formula is C20H26N4O. The Labute approximate surface area is 149 Å². The molecule has 1 saturated carbocycles. The van der Waals surface area contributed by atoms with Gasteiger partial charge in [0.25, 0.3) is 5.91 Å². The van der Waals surface area contributed by atoms with Crippen molar-refractivity contribution in [1.82, 2.24) is 19.7 Å². The van der Waals surface area contributed by atoms with Crippen molar-refractivity contribution in [3.05, 3.63) is 48.0 Å². The number of hydrogen-bond acceptors (Lipinski definition) is 3. The van der Waals surface area contributed by atoms with E-state index >= 15 is 0 Å². The minimum Gasteiger partial charge on any atom is -0.328 e. The van der Waals surface area contributed by atoms with Gasteiger partial charge in [0.2, 0.25) is 5.82 Å². The molecule has 0 bridgehead atoms. The van der Waals surface area contributed by atoms with Gasteiger partial charge in [-0.2, -0.15) is 0 Å². The number of benzene rings is 1. The van der Waals surface area contributed by atoms with E-state index < -0.39 is 0 Å². The van der Waals surface area contributed by atoms with Crippen LogP contribution in [-0.2, 0) is 5.54 Å². The molecule has 1 aromatic carbocycles. The van der Waals surface area contributed by atoms with Gasteiger partial charge < -0.3 is 4.90 Å². The first kappa shape index (κ1) is 16.3. The van der Waals surface area contributed by atoms with Crippen LogP contribution in [0.25, 0.3) is 0 Å². The Morgan fingerprint density at radius 1 is 1.16 bits per heavy atom. The first-order valence-electron chi connectivity index (χ1n) is 9.19. The smallest absolute Gasteiger partial charge is 0.294 e. The summed E-state index contributed by atoms with van der Waals surface area (Å²) in [6.07, 6.45) is 6.61. The van der Waals surface area contributed by atoms with Crippen molar-refractivity contribution in [3.63, 3.8) is 0 Å². The molecule has 132 valence electrons. The van der Waals surface area contributed by atoms with Crippen LogP contribution < -0.4 is 0 Å². The SMILES string of the molecule is CC(C)(C)n1cnc(C(=O)N2CC3(CCCC3)C2c2ccccc2)n1. The van der Waals surface area contributed by atoms with E-state index in [2.05, 4.69) is 55.1 Å². The Morgan fingerprint density at radius 2 is 1.84 bits per heavy atom. The summed E-state index contributed by atoms with van der Waals surface area (Å²) < 4.78 is 1.77. The number of amides is 1. The zero-order chi connectivity index (χ0) is 17.7. The van der Waals surface area contributed by atoms with Crippen molar-refractivity contribution in [2.24, 2.45) is 5.41 Å². The third-order valence-corrected chi connectivity index (χ3v) is 5.72. The van der Waals surface area contributed by atoms with E-state index in [1.165, 1.54) is 31.2 Å². The largest absolute Gasteiger partial charge is 0.328 e. The van der Waals surface area contributed by atoms with Crippen molar-refractivity contribution in [1.29, 1.82) is 0 Å². The lowest BCUT2D eigenvalue weighted by atomic mass is 9.67. The van der Waals surface area contributed by atoms with Gasteiger partial charge in [0.05, 0.1) is 11.6 Å². The lowest BCUT2D eigenvalue weighted by molar-refractivity contribution is -0.0518. The summed E-state index contributed by atoms with van der Waals surface area (Å²) >= 11 is 0. The van der Waals surface area contributed by atoms with Crippen LogP contribution in [0.4, 0.5) is 0 Å². The normalized spacial score (nSPS) is 22.2. The van der Waals surface area contributed by atoms with Gasteiger partial charge in [-0.25, -0.2) is 9.67 Å². The van der Waals surface area contributed by atoms with Crippen LogP contribution in [0.15, 0.2) is 36.7 Å². The number of rotatable bonds is 2. The molecule has 1 aliphatic heterocycles. The van der Waals surface area contributed by atoms with Gasteiger partial charge >= 0.3 is 0 Å². The van der Waals surface area contributed by atoms with E-state index in [9.17, 15) is 4.79 Å². The molecule has 2 aromatic rings. The molecule has 4 rings (SSSR count). The Morgan fingerprint density at radius 3 is 2.44 bits per heavy atom. The second-order valence-corrected chi connectivity index (χ2v) is 8.50. The van der Waals surface area contributed by atoms with Gasteiger partial charge in [-0.05, 0) is 39.2 Å². The number of carbonyl (C=O) groups excluding carboxylic acids is 1. The summed E-state index contributed by atoms with van der Waals surface area (Å²) in [5, 5.41) is 4.44. The maximum absolute atomic E-state index is 13.1. The van der Waals surface area contributed by atoms with Crippen LogP contribution in [0.2, 0.25) is 0 Å². The van der Waals surface area contributed by atoms with E-state index in [1.807, 2.05) is 11.0 Å².